The molecule has 0 aromatic heterocycles. The molecule has 4 N–H and O–H groups in total. The van der Waals surface area contributed by atoms with Gasteiger partial charge in [0.15, 0.2) is 0 Å². The Hall–Kier alpha value is -1.79. The summed E-state index contributed by atoms with van der Waals surface area (Å²) in [6.45, 7) is 0. The van der Waals surface area contributed by atoms with Crippen molar-refractivity contribution in [3.63, 3.8) is 0 Å². The highest BCUT2D eigenvalue weighted by molar-refractivity contribution is 7.86. The highest BCUT2D eigenvalue weighted by atomic mass is 32.2. The first-order chi connectivity index (χ1) is 7.38. The van der Waals surface area contributed by atoms with Crippen molar-refractivity contribution in [3.8, 4) is 5.75 Å². The van der Waals surface area contributed by atoms with Crippen molar-refractivity contribution in [2.24, 2.45) is 0 Å². The fourth-order valence-electron chi connectivity index (χ4n) is 1.46. The van der Waals surface area contributed by atoms with Gasteiger partial charge >= 0.3 is 0 Å². The zero-order valence-corrected chi connectivity index (χ0v) is 8.82. The largest absolute Gasteiger partial charge is 0.507 e. The lowest BCUT2D eigenvalue weighted by Crippen LogP contribution is -1.99. The van der Waals surface area contributed by atoms with Crippen LogP contribution in [0.1, 0.15) is 0 Å². The molecule has 83 valence electrons. The number of benzene rings is 2. The first kappa shape index (κ1) is 10.7. The van der Waals surface area contributed by atoms with Crippen LogP contribution in [0.2, 0.25) is 0 Å². The van der Waals surface area contributed by atoms with Crippen molar-refractivity contribution in [2.75, 3.05) is 5.73 Å². The molecule has 5 nitrogen and oxygen atoms in total. The molecule has 0 aliphatic heterocycles. The molecule has 0 atom stereocenters. The van der Waals surface area contributed by atoms with E-state index in [1.165, 1.54) is 12.1 Å². The van der Waals surface area contributed by atoms with Crippen LogP contribution in [0.5, 0.6) is 5.75 Å². The number of nitrogens with two attached hydrogens (primary N) is 1. The second-order valence-electron chi connectivity index (χ2n) is 3.30. The van der Waals surface area contributed by atoms with Crippen LogP contribution in [0, 0.1) is 6.07 Å². The van der Waals surface area contributed by atoms with Gasteiger partial charge in [0.25, 0.3) is 10.1 Å². The SMILES string of the molecule is Nc1ccc2[c]c(O)cc(S(=O)(=O)O)c2c1. The number of fused-ring (bicyclic) bond motifs is 1. The number of nitrogen functional groups attached to an aromatic ring is 1. The van der Waals surface area contributed by atoms with Gasteiger partial charge in [0.2, 0.25) is 0 Å². The number of phenolic OH excluding ortho intramolecular Hbond substituents is 1. The van der Waals surface area contributed by atoms with Crippen LogP contribution in [-0.4, -0.2) is 18.1 Å². The fourth-order valence-corrected chi connectivity index (χ4v) is 2.17. The van der Waals surface area contributed by atoms with Gasteiger partial charge in [0.1, 0.15) is 10.6 Å². The zero-order chi connectivity index (χ0) is 11.9. The summed E-state index contributed by atoms with van der Waals surface area (Å²) in [6.07, 6.45) is 0. The minimum Gasteiger partial charge on any atom is -0.507 e. The summed E-state index contributed by atoms with van der Waals surface area (Å²) in [5.74, 6) is -0.357. The summed E-state index contributed by atoms with van der Waals surface area (Å²) >= 11 is 0. The Morgan fingerprint density at radius 1 is 1.25 bits per heavy atom. The lowest BCUT2D eigenvalue weighted by Gasteiger charge is -2.05. The average Bonchev–Trinajstić information content (AvgIpc) is 2.16. The molecule has 2 rings (SSSR count). The second-order valence-corrected chi connectivity index (χ2v) is 4.69. The average molecular weight is 238 g/mol. The van der Waals surface area contributed by atoms with E-state index in [9.17, 15) is 13.5 Å². The monoisotopic (exact) mass is 238 g/mol. The van der Waals surface area contributed by atoms with Gasteiger partial charge in [0.05, 0.1) is 0 Å². The second kappa shape index (κ2) is 3.36. The van der Waals surface area contributed by atoms with Crippen LogP contribution >= 0.6 is 0 Å². The summed E-state index contributed by atoms with van der Waals surface area (Å²) in [4.78, 5) is -0.383. The Kier molecular flexibility index (Phi) is 2.25. The van der Waals surface area contributed by atoms with Gasteiger partial charge in [-0.2, -0.15) is 8.42 Å². The molecule has 0 saturated carbocycles. The summed E-state index contributed by atoms with van der Waals surface area (Å²) in [7, 11) is -4.40. The standard InChI is InChI=1S/C10H8NO4S/c11-7-2-1-6-3-8(12)5-10(9(6)4-7)16(13,14)15/h1-2,4-5,12H,11H2,(H,13,14,15). The number of aromatic hydroxyl groups is 1. The Labute approximate surface area is 91.9 Å². The minimum atomic E-state index is -4.40. The van der Waals surface area contributed by atoms with Gasteiger partial charge in [-0.25, -0.2) is 0 Å². The van der Waals surface area contributed by atoms with Crippen LogP contribution < -0.4 is 5.73 Å². The molecular weight excluding hydrogens is 230 g/mol. The van der Waals surface area contributed by atoms with Gasteiger partial charge in [-0.05, 0) is 17.5 Å². The molecule has 16 heavy (non-hydrogen) atoms. The lowest BCUT2D eigenvalue weighted by molar-refractivity contribution is 0.467. The Morgan fingerprint density at radius 2 is 1.94 bits per heavy atom. The first-order valence-electron chi connectivity index (χ1n) is 4.30. The van der Waals surface area contributed by atoms with Crippen LogP contribution in [0.4, 0.5) is 5.69 Å². The third-order valence-electron chi connectivity index (χ3n) is 2.12. The summed E-state index contributed by atoms with van der Waals surface area (Å²) in [5.41, 5.74) is 5.88. The highest BCUT2D eigenvalue weighted by Crippen LogP contribution is 2.28. The van der Waals surface area contributed by atoms with Gasteiger partial charge < -0.3 is 10.8 Å². The number of anilines is 1. The molecule has 0 amide bonds. The molecule has 0 aliphatic rings. The smallest absolute Gasteiger partial charge is 0.295 e. The molecule has 0 unspecified atom stereocenters. The van der Waals surface area contributed by atoms with E-state index in [0.717, 1.165) is 6.07 Å². The van der Waals surface area contributed by atoms with Gasteiger partial charge in [0, 0.05) is 23.2 Å². The quantitative estimate of drug-likeness (QED) is 0.511. The van der Waals surface area contributed by atoms with E-state index < -0.39 is 10.1 Å². The topological polar surface area (TPSA) is 101 Å². The maximum absolute atomic E-state index is 11.1. The van der Waals surface area contributed by atoms with E-state index in [-0.39, 0.29) is 16.0 Å². The van der Waals surface area contributed by atoms with Crippen molar-refractivity contribution < 1.29 is 18.1 Å². The molecule has 2 aromatic carbocycles. The predicted octanol–water partition coefficient (Wildman–Crippen LogP) is 1.17. The molecular formula is C10H8NO4S. The molecule has 1 radical (unpaired) electrons. The van der Waals surface area contributed by atoms with E-state index in [0.29, 0.717) is 11.1 Å². The molecule has 0 saturated heterocycles. The number of phenols is 1. The maximum Gasteiger partial charge on any atom is 0.295 e. The summed E-state index contributed by atoms with van der Waals surface area (Å²) in [5, 5.41) is 9.87. The molecule has 0 fully saturated rings. The Morgan fingerprint density at radius 3 is 2.56 bits per heavy atom. The Balaban J connectivity index is 2.96. The van der Waals surface area contributed by atoms with Gasteiger partial charge in [-0.15, -0.1) is 0 Å². The number of hydrogen-bond donors (Lipinski definition) is 3. The van der Waals surface area contributed by atoms with Crippen molar-refractivity contribution in [3.05, 3.63) is 30.3 Å². The van der Waals surface area contributed by atoms with Crippen LogP contribution in [-0.2, 0) is 10.1 Å². The molecule has 0 heterocycles. The van der Waals surface area contributed by atoms with Gasteiger partial charge in [-0.1, -0.05) is 6.07 Å². The van der Waals surface area contributed by atoms with Crippen molar-refractivity contribution in [1.29, 1.82) is 0 Å². The molecule has 6 heteroatoms. The van der Waals surface area contributed by atoms with Crippen LogP contribution in [0.25, 0.3) is 10.8 Å². The maximum atomic E-state index is 11.1. The highest BCUT2D eigenvalue weighted by Gasteiger charge is 2.15. The fraction of sp³-hybridized carbons (Fsp3) is 0. The third kappa shape index (κ3) is 1.80. The van der Waals surface area contributed by atoms with E-state index in [2.05, 4.69) is 6.07 Å². The molecule has 0 spiro atoms. The van der Waals surface area contributed by atoms with E-state index >= 15 is 0 Å². The summed E-state index contributed by atoms with van der Waals surface area (Å²) < 4.78 is 31.2. The van der Waals surface area contributed by atoms with E-state index in [4.69, 9.17) is 10.3 Å². The van der Waals surface area contributed by atoms with Crippen LogP contribution in [0.3, 0.4) is 0 Å². The summed E-state index contributed by atoms with van der Waals surface area (Å²) in [6, 6.07) is 7.94. The Bertz CT molecular complexity index is 664. The molecule has 2 aromatic rings. The minimum absolute atomic E-state index is 0.223. The third-order valence-corrected chi connectivity index (χ3v) is 3.01. The predicted molar refractivity (Wildman–Crippen MR) is 58.7 cm³/mol. The van der Waals surface area contributed by atoms with Crippen LogP contribution in [0.15, 0.2) is 29.2 Å². The van der Waals surface area contributed by atoms with Crippen molar-refractivity contribution >= 4 is 26.6 Å². The molecule has 0 bridgehead atoms. The van der Waals surface area contributed by atoms with Crippen molar-refractivity contribution in [1.82, 2.24) is 0 Å². The van der Waals surface area contributed by atoms with E-state index in [1.54, 1.807) is 6.07 Å². The number of rotatable bonds is 1. The van der Waals surface area contributed by atoms with Crippen molar-refractivity contribution in [2.45, 2.75) is 4.90 Å². The lowest BCUT2D eigenvalue weighted by atomic mass is 10.1. The molecule has 0 aliphatic carbocycles. The number of hydrogen-bond acceptors (Lipinski definition) is 4. The zero-order valence-electron chi connectivity index (χ0n) is 8.01. The first-order valence-corrected chi connectivity index (χ1v) is 5.74. The van der Waals surface area contributed by atoms with Gasteiger partial charge in [-0.3, -0.25) is 4.55 Å². The normalized spacial score (nSPS) is 11.8. The van der Waals surface area contributed by atoms with E-state index in [1.807, 2.05) is 0 Å².